The third-order valence-electron chi connectivity index (χ3n) is 2.93. The lowest BCUT2D eigenvalue weighted by molar-refractivity contribution is 0.216. The third-order valence-corrected chi connectivity index (χ3v) is 2.93. The predicted octanol–water partition coefficient (Wildman–Crippen LogP) is 2.50. The molecule has 1 aromatic rings. The number of nitrogens with zero attached hydrogens (tertiary/aromatic N) is 1. The Labute approximate surface area is 109 Å². The first-order valence-electron chi connectivity index (χ1n) is 5.93. The summed E-state index contributed by atoms with van der Waals surface area (Å²) in [7, 11) is 3.30. The van der Waals surface area contributed by atoms with Gasteiger partial charge in [-0.05, 0) is 23.1 Å². The molecule has 18 heavy (non-hydrogen) atoms. The molecule has 0 aliphatic rings. The van der Waals surface area contributed by atoms with Crippen molar-refractivity contribution in [1.82, 2.24) is 4.90 Å². The molecule has 0 fully saturated rings. The third kappa shape index (κ3) is 3.39. The lowest BCUT2D eigenvalue weighted by Gasteiger charge is -2.22. The molecule has 0 saturated carbocycles. The number of hydrogen-bond acceptors (Lipinski definition) is 2. The van der Waals surface area contributed by atoms with E-state index in [-0.39, 0.29) is 5.41 Å². The Balaban J connectivity index is 3.10. The highest BCUT2D eigenvalue weighted by molar-refractivity contribution is 5.71. The van der Waals surface area contributed by atoms with E-state index in [4.69, 9.17) is 10.5 Å². The second kappa shape index (κ2) is 5.29. The van der Waals surface area contributed by atoms with E-state index >= 15 is 0 Å². The van der Waals surface area contributed by atoms with Gasteiger partial charge in [-0.15, -0.1) is 0 Å². The summed E-state index contributed by atoms with van der Waals surface area (Å²) in [5, 5.41) is 0. The summed E-state index contributed by atoms with van der Waals surface area (Å²) in [6, 6.07) is 5.61. The van der Waals surface area contributed by atoms with E-state index in [0.717, 1.165) is 11.3 Å². The molecule has 0 saturated heterocycles. The summed E-state index contributed by atoms with van der Waals surface area (Å²) >= 11 is 0. The fourth-order valence-corrected chi connectivity index (χ4v) is 1.70. The molecule has 1 aromatic carbocycles. The maximum atomic E-state index is 11.1. The van der Waals surface area contributed by atoms with Gasteiger partial charge in [0.1, 0.15) is 5.75 Å². The number of rotatable bonds is 3. The topological polar surface area (TPSA) is 55.6 Å². The Morgan fingerprint density at radius 1 is 1.39 bits per heavy atom. The molecule has 100 valence electrons. The quantitative estimate of drug-likeness (QED) is 0.896. The van der Waals surface area contributed by atoms with Crippen LogP contribution in [0.4, 0.5) is 4.79 Å². The standard InChI is InChI=1S/C14H22N2O2/c1-14(2,3)11-6-7-12(18-5)10(8-11)9-16(4)13(15)17/h6-8H,9H2,1-5H3,(H2,15,17). The van der Waals surface area contributed by atoms with Gasteiger partial charge in [0, 0.05) is 12.6 Å². The smallest absolute Gasteiger partial charge is 0.314 e. The van der Waals surface area contributed by atoms with Crippen LogP contribution in [0.15, 0.2) is 18.2 Å². The molecule has 4 nitrogen and oxygen atoms in total. The summed E-state index contributed by atoms with van der Waals surface area (Å²) in [6.07, 6.45) is 0. The number of urea groups is 1. The van der Waals surface area contributed by atoms with Gasteiger partial charge in [0.05, 0.1) is 13.7 Å². The molecule has 4 heteroatoms. The van der Waals surface area contributed by atoms with Gasteiger partial charge < -0.3 is 15.4 Å². The van der Waals surface area contributed by atoms with Gasteiger partial charge in [-0.2, -0.15) is 0 Å². The van der Waals surface area contributed by atoms with E-state index in [2.05, 4.69) is 26.8 Å². The number of amides is 2. The molecule has 0 aliphatic carbocycles. The monoisotopic (exact) mass is 250 g/mol. The number of benzene rings is 1. The lowest BCUT2D eigenvalue weighted by atomic mass is 9.86. The number of methoxy groups -OCH3 is 1. The molecule has 0 aromatic heterocycles. The number of primary amides is 1. The molecule has 0 radical (unpaired) electrons. The first-order chi connectivity index (χ1) is 8.25. The number of ether oxygens (including phenoxy) is 1. The Hall–Kier alpha value is -1.71. The minimum absolute atomic E-state index is 0.0618. The van der Waals surface area contributed by atoms with Crippen LogP contribution in [-0.4, -0.2) is 25.1 Å². The minimum atomic E-state index is -0.446. The highest BCUT2D eigenvalue weighted by Gasteiger charge is 2.17. The fraction of sp³-hybridized carbons (Fsp3) is 0.500. The van der Waals surface area contributed by atoms with Crippen molar-refractivity contribution in [2.45, 2.75) is 32.7 Å². The Kier molecular flexibility index (Phi) is 4.22. The molecule has 0 spiro atoms. The zero-order valence-electron chi connectivity index (χ0n) is 11.8. The van der Waals surface area contributed by atoms with Gasteiger partial charge in [-0.1, -0.05) is 26.8 Å². The summed E-state index contributed by atoms with van der Waals surface area (Å²) in [4.78, 5) is 12.6. The number of hydrogen-bond donors (Lipinski definition) is 1. The molecule has 2 amide bonds. The van der Waals surface area contributed by atoms with Crippen LogP contribution in [0.1, 0.15) is 31.9 Å². The normalized spacial score (nSPS) is 11.2. The maximum absolute atomic E-state index is 11.1. The van der Waals surface area contributed by atoms with Gasteiger partial charge in [0.15, 0.2) is 0 Å². The van der Waals surface area contributed by atoms with Crippen molar-refractivity contribution in [2.24, 2.45) is 5.73 Å². The summed E-state index contributed by atoms with van der Waals surface area (Å²) in [5.41, 5.74) is 7.48. The van der Waals surface area contributed by atoms with Gasteiger partial charge in [-0.25, -0.2) is 4.79 Å². The van der Waals surface area contributed by atoms with Crippen molar-refractivity contribution < 1.29 is 9.53 Å². The van der Waals surface area contributed by atoms with E-state index in [0.29, 0.717) is 6.54 Å². The molecule has 2 N–H and O–H groups in total. The van der Waals surface area contributed by atoms with Crippen molar-refractivity contribution in [2.75, 3.05) is 14.2 Å². The zero-order valence-corrected chi connectivity index (χ0v) is 11.8. The van der Waals surface area contributed by atoms with Gasteiger partial charge in [0.2, 0.25) is 0 Å². The number of nitrogens with two attached hydrogens (primary N) is 1. The van der Waals surface area contributed by atoms with Crippen molar-refractivity contribution in [1.29, 1.82) is 0 Å². The van der Waals surface area contributed by atoms with Crippen LogP contribution < -0.4 is 10.5 Å². The summed E-state index contributed by atoms with van der Waals surface area (Å²) < 4.78 is 5.31. The fourth-order valence-electron chi connectivity index (χ4n) is 1.70. The Bertz CT molecular complexity index is 436. The molecule has 0 unspecified atom stereocenters. The highest BCUT2D eigenvalue weighted by atomic mass is 16.5. The molecule has 0 bridgehead atoms. The summed E-state index contributed by atoms with van der Waals surface area (Å²) in [6.45, 7) is 6.89. The van der Waals surface area contributed by atoms with Crippen LogP contribution in [0.5, 0.6) is 5.75 Å². The van der Waals surface area contributed by atoms with Gasteiger partial charge in [-0.3, -0.25) is 0 Å². The average Bonchev–Trinajstić information content (AvgIpc) is 2.27. The lowest BCUT2D eigenvalue weighted by Crippen LogP contribution is -2.31. The van der Waals surface area contributed by atoms with Crippen molar-refractivity contribution >= 4 is 6.03 Å². The van der Waals surface area contributed by atoms with Crippen LogP contribution in [0, 0.1) is 0 Å². The SMILES string of the molecule is COc1ccc(C(C)(C)C)cc1CN(C)C(N)=O. The average molecular weight is 250 g/mol. The van der Waals surface area contributed by atoms with Crippen LogP contribution in [0.25, 0.3) is 0 Å². The largest absolute Gasteiger partial charge is 0.496 e. The first-order valence-corrected chi connectivity index (χ1v) is 5.93. The first kappa shape index (κ1) is 14.4. The van der Waals surface area contributed by atoms with E-state index in [1.807, 2.05) is 12.1 Å². The van der Waals surface area contributed by atoms with Crippen LogP contribution >= 0.6 is 0 Å². The van der Waals surface area contributed by atoms with E-state index < -0.39 is 6.03 Å². The molecular formula is C14H22N2O2. The minimum Gasteiger partial charge on any atom is -0.496 e. The van der Waals surface area contributed by atoms with Crippen LogP contribution in [-0.2, 0) is 12.0 Å². The zero-order chi connectivity index (χ0) is 13.9. The molecule has 0 atom stereocenters. The second-order valence-electron chi connectivity index (χ2n) is 5.47. The van der Waals surface area contributed by atoms with Crippen molar-refractivity contribution in [3.63, 3.8) is 0 Å². The van der Waals surface area contributed by atoms with E-state index in [9.17, 15) is 4.79 Å². The summed E-state index contributed by atoms with van der Waals surface area (Å²) in [5.74, 6) is 0.774. The number of carbonyl (C=O) groups is 1. The maximum Gasteiger partial charge on any atom is 0.314 e. The number of carbonyl (C=O) groups excluding carboxylic acids is 1. The Morgan fingerprint density at radius 3 is 2.44 bits per heavy atom. The molecular weight excluding hydrogens is 228 g/mol. The van der Waals surface area contributed by atoms with Gasteiger partial charge >= 0.3 is 6.03 Å². The predicted molar refractivity (Wildman–Crippen MR) is 72.7 cm³/mol. The van der Waals surface area contributed by atoms with Crippen molar-refractivity contribution in [3.05, 3.63) is 29.3 Å². The molecule has 0 heterocycles. The highest BCUT2D eigenvalue weighted by Crippen LogP contribution is 2.28. The van der Waals surface area contributed by atoms with Crippen LogP contribution in [0.3, 0.4) is 0 Å². The van der Waals surface area contributed by atoms with E-state index in [1.54, 1.807) is 14.2 Å². The van der Waals surface area contributed by atoms with Crippen LogP contribution in [0.2, 0.25) is 0 Å². The molecule has 0 aliphatic heterocycles. The molecule has 1 rings (SSSR count). The second-order valence-corrected chi connectivity index (χ2v) is 5.47. The van der Waals surface area contributed by atoms with Crippen molar-refractivity contribution in [3.8, 4) is 5.75 Å². The Morgan fingerprint density at radius 2 is 2.00 bits per heavy atom. The van der Waals surface area contributed by atoms with E-state index in [1.165, 1.54) is 10.5 Å². The van der Waals surface area contributed by atoms with Gasteiger partial charge in [0.25, 0.3) is 0 Å².